The van der Waals surface area contributed by atoms with Crippen molar-refractivity contribution in [3.8, 4) is 5.75 Å². The van der Waals surface area contributed by atoms with Crippen LogP contribution in [0.25, 0.3) is 21.8 Å². The zero-order chi connectivity index (χ0) is 96.3. The zero-order valence-electron chi connectivity index (χ0n) is 74.7. The van der Waals surface area contributed by atoms with Gasteiger partial charge in [-0.25, -0.2) is 4.98 Å². The lowest BCUT2D eigenvalue weighted by atomic mass is 10.00. The Morgan fingerprint density at radius 1 is 0.538 bits per heavy atom. The molecule has 3 aliphatic rings. The summed E-state index contributed by atoms with van der Waals surface area (Å²) in [5.41, 5.74) is 20.2. The Bertz CT molecular complexity index is 5150. The first kappa shape index (κ1) is 102. The number of likely N-dealkylation sites (N-methyl/N-ethyl adjacent to an activating group) is 3. The molecule has 0 radical (unpaired) electrons. The first-order chi connectivity index (χ1) is 62.9. The van der Waals surface area contributed by atoms with Crippen LogP contribution in [0, 0.1) is 0 Å². The number of unbranched alkanes of at least 4 members (excludes halogenated alkanes) is 2. The van der Waals surface area contributed by atoms with E-state index in [-0.39, 0.29) is 75.9 Å². The molecule has 3 fully saturated rings. The highest BCUT2D eigenvalue weighted by molar-refractivity contribution is 8.00. The van der Waals surface area contributed by atoms with Crippen molar-refractivity contribution in [3.63, 3.8) is 0 Å². The number of hydrogen-bond donors (Lipinski definition) is 19. The minimum absolute atomic E-state index is 0.0225. The van der Waals surface area contributed by atoms with E-state index in [4.69, 9.17) is 17.2 Å². The lowest BCUT2D eigenvalue weighted by molar-refractivity contribution is -0.149. The molecule has 17 amide bonds. The summed E-state index contributed by atoms with van der Waals surface area (Å²) >= 11 is 0.774. The van der Waals surface area contributed by atoms with Crippen LogP contribution in [0.3, 0.4) is 0 Å². The number of aliphatic carboxylic acids is 1. The van der Waals surface area contributed by atoms with Crippen LogP contribution in [0.2, 0.25) is 0 Å². The summed E-state index contributed by atoms with van der Waals surface area (Å²) in [5.74, 6) is -18.8. The number of hydrogen-bond acceptors (Lipinski definition) is 23. The van der Waals surface area contributed by atoms with Crippen LogP contribution >= 0.6 is 11.8 Å². The van der Waals surface area contributed by atoms with E-state index in [1.165, 1.54) is 76.7 Å². The number of carbonyl (C=O) groups excluding carboxylic acids is 17. The molecule has 0 aliphatic carbocycles. The Balaban J connectivity index is 1.09. The number of fused-ring (bicyclic) bond motifs is 4. The van der Waals surface area contributed by atoms with Gasteiger partial charge in [-0.1, -0.05) is 88.1 Å². The van der Waals surface area contributed by atoms with E-state index in [9.17, 15) is 68.1 Å². The van der Waals surface area contributed by atoms with Gasteiger partial charge in [0.15, 0.2) is 0 Å². The van der Waals surface area contributed by atoms with E-state index in [2.05, 4.69) is 73.1 Å². The number of nitrogens with zero attached hydrogens (tertiary/aromatic N) is 6. The number of carboxylic acids is 1. The standard InChI is InChI=1S/C88H120N22O21S/c1-8-10-21-67-81(124)97-47(3)75(118)105-66(77(120)95-42-72(91)114)44-132-45-73(115)98-63(33-49-24-26-53(111)27-25-49)84(127)106(5)48(4)76(119)103-65(38-71(90)113)87(130)109-32-16-23-68(109)82(125)102-62(36-52-41-92-46-96-52)80(123)100-60(28-29-74(116)117)86(129)110-43-54(112)37-70(110)83(126)101-61(34-50-39-93-57-19-14-12-17-55(50)57)79(122)99-59(30-31-89)78(121)104-64(35-51-40-94-58-20-15-13-18-56(51)58)85(128)108(7)69(22-11-9-2)88(131)107(67)6/h12-15,17-20,24-27,39-41,46-48,54,59-70,93-94,111-112H,8-11,16,21-23,28-38,42-45,89H2,1-7H3,(H2,90,113)(H2,91,114)(H,92,96)(H,95,120)(H,97,124)(H,98,115)(H,99,122)(H,100,123)(H,101,126)(H,102,125)(H,103,119)(H,104,121)(H,105,118)(H,116,117)/t47-,48-,54+,59-,60-,61-,62-,63-,64-,65-,66-,67-,68-,69-,70-/m0/s1. The Morgan fingerprint density at radius 2 is 1.08 bits per heavy atom. The van der Waals surface area contributed by atoms with E-state index in [0.29, 0.717) is 64.2 Å². The van der Waals surface area contributed by atoms with Crippen molar-refractivity contribution in [2.24, 2.45) is 17.2 Å². The molecule has 43 nitrogen and oxygen atoms in total. The number of imidazole rings is 1. The third kappa shape index (κ3) is 27.8. The van der Waals surface area contributed by atoms with Crippen molar-refractivity contribution >= 4 is 140 Å². The van der Waals surface area contributed by atoms with Gasteiger partial charge in [-0.15, -0.1) is 11.8 Å². The molecule has 132 heavy (non-hydrogen) atoms. The van der Waals surface area contributed by atoms with Gasteiger partial charge in [0.1, 0.15) is 90.3 Å². The number of aromatic amines is 3. The van der Waals surface area contributed by atoms with Crippen molar-refractivity contribution in [2.45, 2.75) is 228 Å². The average Bonchev–Trinajstić information content (AvgIpc) is 1.20. The Kier molecular flexibility index (Phi) is 37.5. The van der Waals surface area contributed by atoms with E-state index in [1.807, 2.05) is 13.8 Å². The maximum absolute atomic E-state index is 15.7. The lowest BCUT2D eigenvalue weighted by Crippen LogP contribution is -2.61. The molecule has 0 bridgehead atoms. The second kappa shape index (κ2) is 48.4. The number of rotatable bonds is 24. The van der Waals surface area contributed by atoms with Gasteiger partial charge in [0, 0.05) is 125 Å². The van der Waals surface area contributed by atoms with E-state index >= 15 is 33.6 Å². The highest BCUT2D eigenvalue weighted by Crippen LogP contribution is 2.28. The molecule has 3 aromatic heterocycles. The van der Waals surface area contributed by atoms with Gasteiger partial charge in [-0.05, 0) is 99.9 Å². The zero-order valence-corrected chi connectivity index (χ0v) is 75.5. The highest BCUT2D eigenvalue weighted by atomic mass is 32.2. The number of aromatic nitrogens is 4. The van der Waals surface area contributed by atoms with Gasteiger partial charge >= 0.3 is 5.97 Å². The van der Waals surface area contributed by atoms with Crippen LogP contribution in [0.15, 0.2) is 97.7 Å². The molecule has 3 aliphatic heterocycles. The van der Waals surface area contributed by atoms with Gasteiger partial charge < -0.3 is 125 Å². The van der Waals surface area contributed by atoms with E-state index in [0.717, 1.165) is 31.4 Å². The van der Waals surface area contributed by atoms with Crippen LogP contribution in [-0.2, 0) is 112 Å². The van der Waals surface area contributed by atoms with E-state index in [1.54, 1.807) is 60.9 Å². The number of amides is 17. The Hall–Kier alpha value is -13.5. The summed E-state index contributed by atoms with van der Waals surface area (Å²) in [6, 6.07) is -2.29. The fourth-order valence-corrected chi connectivity index (χ4v) is 17.1. The number of nitrogens with two attached hydrogens (primary N) is 3. The second-order valence-corrected chi connectivity index (χ2v) is 34.4. The molecular formula is C88H120N22O21S. The lowest BCUT2D eigenvalue weighted by Gasteiger charge is -2.36. The second-order valence-electron chi connectivity index (χ2n) is 33.4. The maximum atomic E-state index is 15.7. The number of carboxylic acid groups (broad SMARTS) is 1. The molecule has 22 N–H and O–H groups in total. The number of benzene rings is 3. The predicted molar refractivity (Wildman–Crippen MR) is 480 cm³/mol. The third-order valence-electron chi connectivity index (χ3n) is 23.7. The number of H-pyrrole nitrogens is 3. The first-order valence-electron chi connectivity index (χ1n) is 43.9. The molecular weight excluding hydrogens is 1730 g/mol. The van der Waals surface area contributed by atoms with E-state index < -0.39 is 254 Å². The van der Waals surface area contributed by atoms with Gasteiger partial charge in [-0.3, -0.25) is 86.3 Å². The number of nitrogens with one attached hydrogen (secondary N) is 13. The number of thioether (sulfide) groups is 1. The van der Waals surface area contributed by atoms with Gasteiger partial charge in [0.2, 0.25) is 100 Å². The molecule has 0 saturated carbocycles. The van der Waals surface area contributed by atoms with Crippen molar-refractivity contribution < 1.29 is 102 Å². The molecule has 3 aromatic carbocycles. The summed E-state index contributed by atoms with van der Waals surface area (Å²) < 4.78 is 0. The van der Waals surface area contributed by atoms with Crippen molar-refractivity contribution in [1.82, 2.24) is 97.6 Å². The number of aromatic hydroxyl groups is 1. The molecule has 44 heteroatoms. The Morgan fingerprint density at radius 3 is 1.68 bits per heavy atom. The topological polar surface area (TPSA) is 643 Å². The number of aliphatic hydroxyl groups is 1. The number of aliphatic hydroxyl groups excluding tert-OH is 1. The fourth-order valence-electron chi connectivity index (χ4n) is 16.2. The number of phenolic OH excluding ortho intramolecular Hbond substituents is 1. The molecule has 6 aromatic rings. The van der Waals surface area contributed by atoms with Crippen LogP contribution in [0.4, 0.5) is 0 Å². The highest BCUT2D eigenvalue weighted by Gasteiger charge is 2.47. The number of carbonyl (C=O) groups is 18. The molecule has 0 spiro atoms. The maximum Gasteiger partial charge on any atom is 0.303 e. The number of primary amides is 2. The Labute approximate surface area is 765 Å². The van der Waals surface area contributed by atoms with Gasteiger partial charge in [0.25, 0.3) is 0 Å². The number of phenols is 1. The largest absolute Gasteiger partial charge is 0.508 e. The summed E-state index contributed by atoms with van der Waals surface area (Å²) in [4.78, 5) is 279. The summed E-state index contributed by atoms with van der Waals surface area (Å²) in [5, 5.41) is 59.1. The van der Waals surface area contributed by atoms with Crippen molar-refractivity contribution in [2.75, 3.05) is 58.8 Å². The van der Waals surface area contributed by atoms with Crippen LogP contribution in [0.1, 0.15) is 134 Å². The molecule has 6 heterocycles. The predicted octanol–water partition coefficient (Wildman–Crippen LogP) is -3.00. The minimum Gasteiger partial charge on any atom is -0.508 e. The SMILES string of the molecule is CCCC[C@H]1C(=O)N(C)[C@@H](CCCC)C(=O)N[C@@H](C)C(=O)N[C@H](C(=O)NCC(N)=O)CSCC(=O)N[C@@H](Cc2ccc(O)cc2)C(=O)N(C)[C@@H](C)C(=O)N[C@@H](CC(N)=O)C(=O)N2CCC[C@H]2C(=O)N[C@@H](Cc2cnc[nH]2)C(=O)N[C@@H](CCC(=O)O)C(=O)N2C[C@H](O)C[C@H]2C(=O)N[C@@H](Cc2c[nH]c3ccccc23)C(=O)N[C@@H](CCN)C(=O)N[C@@H](Cc2c[nH]c3ccccc23)C(=O)N1C. The normalized spacial score (nSPS) is 25.0. The van der Waals surface area contributed by atoms with Gasteiger partial charge in [-0.2, -0.15) is 0 Å². The molecule has 9 rings (SSSR count). The quantitative estimate of drug-likeness (QED) is 0.0287. The summed E-state index contributed by atoms with van der Waals surface area (Å²) in [6.45, 7) is 4.55. The molecule has 3 saturated heterocycles. The minimum atomic E-state index is -1.84. The third-order valence-corrected chi connectivity index (χ3v) is 24.7. The molecule has 714 valence electrons. The monoisotopic (exact) mass is 1850 g/mol. The summed E-state index contributed by atoms with van der Waals surface area (Å²) in [6.07, 6.45) is 1.99. The first-order valence-corrected chi connectivity index (χ1v) is 45.1. The van der Waals surface area contributed by atoms with Crippen LogP contribution in [-0.4, -0.2) is 316 Å². The smallest absolute Gasteiger partial charge is 0.303 e. The molecule has 0 unspecified atom stereocenters. The van der Waals surface area contributed by atoms with Gasteiger partial charge in [0.05, 0.1) is 31.1 Å². The van der Waals surface area contributed by atoms with Crippen molar-refractivity contribution in [1.29, 1.82) is 0 Å². The fraction of sp³-hybridized carbons (Fsp3) is 0.511. The number of para-hydroxylation sites is 2. The van der Waals surface area contributed by atoms with Crippen LogP contribution in [0.5, 0.6) is 5.75 Å². The molecule has 15 atom stereocenters. The average molecular weight is 1850 g/mol. The summed E-state index contributed by atoms with van der Waals surface area (Å²) in [7, 11) is 3.93. The van der Waals surface area contributed by atoms with Crippen molar-refractivity contribution in [3.05, 3.63) is 120 Å². The van der Waals surface area contributed by atoms with Crippen LogP contribution < -0.4 is 70.4 Å².